The molecule has 7 nitrogen and oxygen atoms in total. The van der Waals surface area contributed by atoms with Gasteiger partial charge in [-0.2, -0.15) is 0 Å². The molecule has 1 saturated heterocycles. The van der Waals surface area contributed by atoms with Gasteiger partial charge >= 0.3 is 12.1 Å². The summed E-state index contributed by atoms with van der Waals surface area (Å²) in [5.41, 5.74) is -0.594. The summed E-state index contributed by atoms with van der Waals surface area (Å²) in [5, 5.41) is 20.8. The maximum absolute atomic E-state index is 12.0. The van der Waals surface area contributed by atoms with Crippen LogP contribution in [-0.2, 0) is 4.74 Å². The van der Waals surface area contributed by atoms with Crippen LogP contribution in [0.1, 0.15) is 62.9 Å². The molecule has 0 bridgehead atoms. The lowest BCUT2D eigenvalue weighted by atomic mass is 9.92. The average molecular weight is 417 g/mol. The van der Waals surface area contributed by atoms with E-state index in [2.05, 4.69) is 11.9 Å². The van der Waals surface area contributed by atoms with Crippen molar-refractivity contribution in [1.29, 1.82) is 0 Å². The summed E-state index contributed by atoms with van der Waals surface area (Å²) in [7, 11) is 0. The molecule has 2 N–H and O–H groups in total. The topological polar surface area (TPSA) is 100.0 Å². The van der Waals surface area contributed by atoms with Gasteiger partial charge in [0, 0.05) is 17.7 Å². The molecule has 2 unspecified atom stereocenters. The molecule has 1 aromatic heterocycles. The first kappa shape index (κ1) is 22.0. The number of carboxylic acids is 1. The van der Waals surface area contributed by atoms with Gasteiger partial charge in [0.15, 0.2) is 10.0 Å². The monoisotopic (exact) mass is 416 g/mol. The first-order valence-corrected chi connectivity index (χ1v) is 11.2. The number of aliphatic hydroxyl groups is 1. The number of hydrogen-bond acceptors (Lipinski definition) is 7. The Hall–Kier alpha value is -1.32. The Morgan fingerprint density at radius 3 is 2.89 bits per heavy atom. The lowest BCUT2D eigenvalue weighted by Crippen LogP contribution is -2.35. The summed E-state index contributed by atoms with van der Waals surface area (Å²) in [6.07, 6.45) is 4.95. The number of ether oxygens (including phenoxy) is 1. The van der Waals surface area contributed by atoms with Gasteiger partial charge in [-0.25, -0.2) is 14.6 Å². The Morgan fingerprint density at radius 2 is 2.22 bits per heavy atom. The molecule has 2 heterocycles. The number of nitrogens with zero attached hydrogens (tertiary/aromatic N) is 2. The van der Waals surface area contributed by atoms with E-state index in [-0.39, 0.29) is 17.8 Å². The van der Waals surface area contributed by atoms with E-state index in [1.54, 1.807) is 4.90 Å². The molecule has 2 atom stereocenters. The Bertz CT molecular complexity index is 635. The van der Waals surface area contributed by atoms with Crippen molar-refractivity contribution >= 4 is 35.2 Å². The number of aromatic carboxylic acids is 1. The van der Waals surface area contributed by atoms with Crippen LogP contribution in [0.5, 0.6) is 0 Å². The Balaban J connectivity index is 1.75. The van der Waals surface area contributed by atoms with Crippen LogP contribution >= 0.6 is 23.1 Å². The molecule has 0 aromatic carbocycles. The summed E-state index contributed by atoms with van der Waals surface area (Å²) in [6.45, 7) is 4.91. The Labute approximate surface area is 168 Å². The number of rotatable bonds is 12. The van der Waals surface area contributed by atoms with Crippen LogP contribution in [0.25, 0.3) is 0 Å². The predicted molar refractivity (Wildman–Crippen MR) is 106 cm³/mol. The predicted octanol–water partition coefficient (Wildman–Crippen LogP) is 3.87. The van der Waals surface area contributed by atoms with E-state index in [1.807, 2.05) is 6.92 Å². The first-order chi connectivity index (χ1) is 12.8. The quantitative estimate of drug-likeness (QED) is 0.499. The molecule has 2 rings (SSSR count). The van der Waals surface area contributed by atoms with Gasteiger partial charge in [-0.15, -0.1) is 11.3 Å². The maximum Gasteiger partial charge on any atom is 0.410 e. The number of carboxylic acid groups (broad SMARTS) is 1. The fourth-order valence-corrected chi connectivity index (χ4v) is 4.87. The molecule has 0 spiro atoms. The zero-order valence-corrected chi connectivity index (χ0v) is 17.5. The lowest BCUT2D eigenvalue weighted by Gasteiger charge is -2.25. The van der Waals surface area contributed by atoms with Crippen molar-refractivity contribution in [2.24, 2.45) is 0 Å². The number of aromatic nitrogens is 1. The largest absolute Gasteiger partial charge is 0.476 e. The van der Waals surface area contributed by atoms with Gasteiger partial charge in [0.05, 0.1) is 11.6 Å². The summed E-state index contributed by atoms with van der Waals surface area (Å²) in [6, 6.07) is 0.0333. The molecule has 1 aliphatic rings. The van der Waals surface area contributed by atoms with E-state index in [0.29, 0.717) is 23.2 Å². The zero-order chi connectivity index (χ0) is 19.9. The minimum Gasteiger partial charge on any atom is -0.476 e. The van der Waals surface area contributed by atoms with Crippen molar-refractivity contribution in [3.05, 3.63) is 11.1 Å². The van der Waals surface area contributed by atoms with Gasteiger partial charge in [-0.3, -0.25) is 0 Å². The molecule has 1 aromatic rings. The molecule has 1 aliphatic heterocycles. The second kappa shape index (κ2) is 10.3. The van der Waals surface area contributed by atoms with E-state index in [4.69, 9.17) is 9.84 Å². The third kappa shape index (κ3) is 6.97. The van der Waals surface area contributed by atoms with Gasteiger partial charge in [0.1, 0.15) is 6.61 Å². The van der Waals surface area contributed by atoms with Crippen LogP contribution in [0.3, 0.4) is 0 Å². The highest BCUT2D eigenvalue weighted by Gasteiger charge is 2.32. The van der Waals surface area contributed by atoms with Crippen molar-refractivity contribution in [1.82, 2.24) is 9.88 Å². The van der Waals surface area contributed by atoms with Gasteiger partial charge in [-0.1, -0.05) is 31.5 Å². The molecule has 1 amide bonds. The highest BCUT2D eigenvalue weighted by molar-refractivity contribution is 8.01. The van der Waals surface area contributed by atoms with Crippen molar-refractivity contribution in [2.75, 3.05) is 18.9 Å². The van der Waals surface area contributed by atoms with Crippen molar-refractivity contribution < 1.29 is 24.5 Å². The molecular weight excluding hydrogens is 388 g/mol. The smallest absolute Gasteiger partial charge is 0.410 e. The van der Waals surface area contributed by atoms with Crippen molar-refractivity contribution in [3.8, 4) is 0 Å². The average Bonchev–Trinajstić information content (AvgIpc) is 3.22. The number of thiazole rings is 1. The normalized spacial score (nSPS) is 19.1. The van der Waals surface area contributed by atoms with Crippen molar-refractivity contribution in [3.63, 3.8) is 0 Å². The number of amides is 1. The minimum atomic E-state index is -1.03. The maximum atomic E-state index is 12.0. The summed E-state index contributed by atoms with van der Waals surface area (Å²) in [4.78, 5) is 28.6. The molecule has 0 saturated carbocycles. The number of hydrogen-bond donors (Lipinski definition) is 2. The molecule has 0 radical (unpaired) electrons. The highest BCUT2D eigenvalue weighted by atomic mass is 32.2. The van der Waals surface area contributed by atoms with Gasteiger partial charge in [-0.05, 0) is 32.6 Å². The number of carbonyl (C=O) groups is 2. The fourth-order valence-electron chi connectivity index (χ4n) is 3.06. The SMILES string of the molecule is CCCCC(C)(O)CCCC1COC(=O)N1CCSc1nc(C(=O)O)cs1. The van der Waals surface area contributed by atoms with Gasteiger partial charge < -0.3 is 19.8 Å². The molecule has 27 heavy (non-hydrogen) atoms. The Morgan fingerprint density at radius 1 is 1.48 bits per heavy atom. The van der Waals surface area contributed by atoms with E-state index >= 15 is 0 Å². The van der Waals surface area contributed by atoms with E-state index in [0.717, 1.165) is 38.5 Å². The molecule has 152 valence electrons. The summed E-state index contributed by atoms with van der Waals surface area (Å²) in [5.74, 6) is -0.400. The number of carbonyl (C=O) groups excluding carboxylic acids is 1. The number of thioether (sulfide) groups is 1. The van der Waals surface area contributed by atoms with E-state index < -0.39 is 11.6 Å². The van der Waals surface area contributed by atoms with Gasteiger partial charge in [0.25, 0.3) is 0 Å². The van der Waals surface area contributed by atoms with E-state index in [9.17, 15) is 14.7 Å². The minimum absolute atomic E-state index is 0.0333. The van der Waals surface area contributed by atoms with Crippen LogP contribution in [0.4, 0.5) is 4.79 Å². The number of unbranched alkanes of at least 4 members (excludes halogenated alkanes) is 1. The third-order valence-corrected chi connectivity index (χ3v) is 6.66. The zero-order valence-electron chi connectivity index (χ0n) is 15.8. The lowest BCUT2D eigenvalue weighted by molar-refractivity contribution is 0.0358. The molecule has 0 aliphatic carbocycles. The summed E-state index contributed by atoms with van der Waals surface area (Å²) >= 11 is 2.73. The highest BCUT2D eigenvalue weighted by Crippen LogP contribution is 2.26. The second-order valence-electron chi connectivity index (χ2n) is 7.07. The Kier molecular flexibility index (Phi) is 8.37. The van der Waals surface area contributed by atoms with Crippen LogP contribution in [-0.4, -0.2) is 62.7 Å². The standard InChI is InChI=1S/C18H28N2O5S2/c1-3-4-7-18(2,24)8-5-6-13-11-25-17(23)20(13)9-10-26-16-19-14(12-27-16)15(21)22/h12-13,24H,3-11H2,1-2H3,(H,21,22). The van der Waals surface area contributed by atoms with Crippen LogP contribution in [0, 0.1) is 0 Å². The first-order valence-electron chi connectivity index (χ1n) is 9.30. The van der Waals surface area contributed by atoms with Crippen LogP contribution < -0.4 is 0 Å². The van der Waals surface area contributed by atoms with Crippen molar-refractivity contribution in [2.45, 2.75) is 68.4 Å². The van der Waals surface area contributed by atoms with Crippen LogP contribution in [0.2, 0.25) is 0 Å². The number of cyclic esters (lactones) is 1. The third-order valence-electron chi connectivity index (χ3n) is 4.66. The fraction of sp³-hybridized carbons (Fsp3) is 0.722. The van der Waals surface area contributed by atoms with Crippen LogP contribution in [0.15, 0.2) is 9.72 Å². The van der Waals surface area contributed by atoms with Gasteiger partial charge in [0.2, 0.25) is 0 Å². The molecule has 9 heteroatoms. The molecule has 1 fully saturated rings. The molecular formula is C18H28N2O5S2. The second-order valence-corrected chi connectivity index (χ2v) is 9.27. The van der Waals surface area contributed by atoms with E-state index in [1.165, 1.54) is 28.5 Å². The summed E-state index contributed by atoms with van der Waals surface area (Å²) < 4.78 is 5.87.